The second-order valence-electron chi connectivity index (χ2n) is 10.5. The van der Waals surface area contributed by atoms with Gasteiger partial charge >= 0.3 is 0 Å². The monoisotopic (exact) mass is 515 g/mol. The Morgan fingerprint density at radius 3 is 2.81 bits per heavy atom. The van der Waals surface area contributed by atoms with E-state index in [1.54, 1.807) is 16.8 Å². The van der Waals surface area contributed by atoms with Gasteiger partial charge in [0, 0.05) is 43.8 Å². The van der Waals surface area contributed by atoms with E-state index < -0.39 is 14.0 Å². The molecule has 8 nitrogen and oxygen atoms in total. The molecule has 1 aliphatic carbocycles. The van der Waals surface area contributed by atoms with Gasteiger partial charge in [0.05, 0.1) is 0 Å². The molecule has 4 rings (SSSR count). The molecular weight excluding hydrogens is 482 g/mol. The van der Waals surface area contributed by atoms with Crippen molar-refractivity contribution >= 4 is 25.2 Å². The lowest BCUT2D eigenvalue weighted by atomic mass is 9.90. The number of nitrogens with zero attached hydrogens (tertiary/aromatic N) is 4. The van der Waals surface area contributed by atoms with Crippen LogP contribution in [-0.4, -0.2) is 30.1 Å². The molecule has 1 N–H and O–H groups in total. The van der Waals surface area contributed by atoms with Crippen LogP contribution in [0.2, 0.25) is 25.7 Å². The van der Waals surface area contributed by atoms with E-state index in [0.29, 0.717) is 12.3 Å². The summed E-state index contributed by atoms with van der Waals surface area (Å²) in [6.45, 7) is 7.59. The van der Waals surface area contributed by atoms with Crippen molar-refractivity contribution in [2.45, 2.75) is 58.1 Å². The molecule has 0 aliphatic heterocycles. The van der Waals surface area contributed by atoms with Crippen molar-refractivity contribution in [3.8, 4) is 17.2 Å². The van der Waals surface area contributed by atoms with Crippen molar-refractivity contribution in [3.63, 3.8) is 0 Å². The first-order valence-corrected chi connectivity index (χ1v) is 16.3. The summed E-state index contributed by atoms with van der Waals surface area (Å²) in [5.74, 6) is -0.273. The summed E-state index contributed by atoms with van der Waals surface area (Å²) < 4.78 is 8.19. The third kappa shape index (κ3) is 6.93. The van der Waals surface area contributed by atoms with E-state index in [0.717, 1.165) is 53.1 Å². The third-order valence-corrected chi connectivity index (χ3v) is 8.04. The Hall–Kier alpha value is -3.74. The van der Waals surface area contributed by atoms with Crippen LogP contribution in [-0.2, 0) is 11.5 Å². The lowest BCUT2D eigenvalue weighted by molar-refractivity contribution is -0.604. The van der Waals surface area contributed by atoms with Gasteiger partial charge in [-0.1, -0.05) is 31.8 Å². The standard InChI is InChI=1S/C28H33N5O3Si/c1-37(2,3)15-14-36-20-32-19-24(17-29)30-27(32)28(34)31-26-12-11-22(23-10-7-13-33(35)18-23)16-25(26)21-8-5-4-6-9-21/h7-8,10-13,16,18-19H,4-6,9,14-15,20H2,1-3H3,(H,31,34). The van der Waals surface area contributed by atoms with E-state index in [-0.39, 0.29) is 18.2 Å². The normalized spacial score (nSPS) is 13.6. The van der Waals surface area contributed by atoms with Crippen LogP contribution in [0.5, 0.6) is 0 Å². The molecule has 1 amide bonds. The summed E-state index contributed by atoms with van der Waals surface area (Å²) in [7, 11) is -1.24. The molecule has 0 spiro atoms. The van der Waals surface area contributed by atoms with Gasteiger partial charge in [0.15, 0.2) is 18.1 Å². The van der Waals surface area contributed by atoms with Crippen molar-refractivity contribution < 1.29 is 14.3 Å². The van der Waals surface area contributed by atoms with Crippen LogP contribution in [0.25, 0.3) is 16.7 Å². The molecular formula is C28H33N5O3Si. The molecule has 2 heterocycles. The predicted octanol–water partition coefficient (Wildman–Crippen LogP) is 5.58. The summed E-state index contributed by atoms with van der Waals surface area (Å²) in [6.07, 6.45) is 10.9. The SMILES string of the molecule is C[Si](C)(C)CCOCn1cc(C#N)nc1C(=O)Nc1ccc(-c2ccc[n+]([O-])c2)cc1C1=CCCCC1. The van der Waals surface area contributed by atoms with Crippen molar-refractivity contribution in [3.05, 3.63) is 77.3 Å². The van der Waals surface area contributed by atoms with E-state index in [1.165, 1.54) is 18.0 Å². The van der Waals surface area contributed by atoms with Gasteiger partial charge in [0.2, 0.25) is 5.82 Å². The highest BCUT2D eigenvalue weighted by Gasteiger charge is 2.20. The van der Waals surface area contributed by atoms with Crippen LogP contribution in [0.4, 0.5) is 5.69 Å². The summed E-state index contributed by atoms with van der Waals surface area (Å²) in [5, 5.41) is 24.2. The fourth-order valence-corrected chi connectivity index (χ4v) is 5.03. The van der Waals surface area contributed by atoms with Gasteiger partial charge in [-0.2, -0.15) is 9.99 Å². The lowest BCUT2D eigenvalue weighted by Crippen LogP contribution is -2.24. The van der Waals surface area contributed by atoms with Gasteiger partial charge < -0.3 is 19.8 Å². The Morgan fingerprint density at radius 1 is 1.27 bits per heavy atom. The van der Waals surface area contributed by atoms with Gasteiger partial charge in [-0.3, -0.25) is 4.79 Å². The number of ether oxygens (including phenoxy) is 1. The number of benzene rings is 1. The number of hydrogen-bond acceptors (Lipinski definition) is 5. The van der Waals surface area contributed by atoms with Crippen LogP contribution >= 0.6 is 0 Å². The molecule has 0 unspecified atom stereocenters. The highest BCUT2D eigenvalue weighted by molar-refractivity contribution is 6.76. The highest BCUT2D eigenvalue weighted by atomic mass is 28.3. The molecule has 0 fully saturated rings. The zero-order chi connectivity index (χ0) is 26.4. The van der Waals surface area contributed by atoms with Gasteiger partial charge in [-0.15, -0.1) is 0 Å². The summed E-state index contributed by atoms with van der Waals surface area (Å²) >= 11 is 0. The minimum atomic E-state index is -1.24. The number of rotatable bonds is 9. The number of nitrogens with one attached hydrogen (secondary N) is 1. The van der Waals surface area contributed by atoms with Gasteiger partial charge in [-0.25, -0.2) is 4.98 Å². The second-order valence-corrected chi connectivity index (χ2v) is 16.1. The number of aromatic nitrogens is 3. The van der Waals surface area contributed by atoms with Crippen LogP contribution in [0.1, 0.15) is 47.6 Å². The zero-order valence-electron chi connectivity index (χ0n) is 21.7. The molecule has 192 valence electrons. The fourth-order valence-electron chi connectivity index (χ4n) is 4.28. The molecule has 0 atom stereocenters. The average Bonchev–Trinajstić information content (AvgIpc) is 3.30. The highest BCUT2D eigenvalue weighted by Crippen LogP contribution is 2.35. The molecule has 0 saturated carbocycles. The van der Waals surface area contributed by atoms with Crippen molar-refractivity contribution in [2.24, 2.45) is 0 Å². The first kappa shape index (κ1) is 26.3. The molecule has 9 heteroatoms. The zero-order valence-corrected chi connectivity index (χ0v) is 22.7. The number of pyridine rings is 1. The number of allylic oxidation sites excluding steroid dienone is 2. The van der Waals surface area contributed by atoms with Crippen LogP contribution < -0.4 is 10.0 Å². The van der Waals surface area contributed by atoms with E-state index in [1.807, 2.05) is 30.3 Å². The third-order valence-electron chi connectivity index (χ3n) is 6.33. The average molecular weight is 516 g/mol. The van der Waals surface area contributed by atoms with E-state index in [9.17, 15) is 15.3 Å². The van der Waals surface area contributed by atoms with Gasteiger partial charge in [-0.05, 0) is 61.1 Å². The molecule has 0 saturated heterocycles. The predicted molar refractivity (Wildman–Crippen MR) is 146 cm³/mol. The van der Waals surface area contributed by atoms with E-state index in [4.69, 9.17) is 4.74 Å². The first-order chi connectivity index (χ1) is 17.7. The number of imidazole rings is 1. The van der Waals surface area contributed by atoms with E-state index >= 15 is 0 Å². The van der Waals surface area contributed by atoms with Gasteiger partial charge in [0.25, 0.3) is 5.91 Å². The topological polar surface area (TPSA) is 107 Å². The Bertz CT molecular complexity index is 1350. The number of anilines is 1. The van der Waals surface area contributed by atoms with Crippen LogP contribution in [0.3, 0.4) is 0 Å². The molecule has 3 aromatic rings. The quantitative estimate of drug-likeness (QED) is 0.173. The minimum Gasteiger partial charge on any atom is -0.619 e. The Kier molecular flexibility index (Phi) is 8.21. The Balaban J connectivity index is 1.61. The minimum absolute atomic E-state index is 0.132. The van der Waals surface area contributed by atoms with Crippen LogP contribution in [0, 0.1) is 16.5 Å². The number of hydrogen-bond donors (Lipinski definition) is 1. The van der Waals surface area contributed by atoms with Crippen molar-refractivity contribution in [2.75, 3.05) is 11.9 Å². The molecule has 0 bridgehead atoms. The summed E-state index contributed by atoms with van der Waals surface area (Å²) in [4.78, 5) is 17.6. The largest absolute Gasteiger partial charge is 0.619 e. The first-order valence-electron chi connectivity index (χ1n) is 12.6. The van der Waals surface area contributed by atoms with Crippen molar-refractivity contribution in [1.29, 1.82) is 5.26 Å². The van der Waals surface area contributed by atoms with Gasteiger partial charge in [0.1, 0.15) is 12.8 Å². The Labute approximate surface area is 218 Å². The maximum Gasteiger partial charge on any atom is 0.291 e. The molecule has 1 aliphatic rings. The maximum atomic E-state index is 13.4. The molecule has 0 radical (unpaired) electrons. The number of nitriles is 1. The number of amides is 1. The lowest BCUT2D eigenvalue weighted by Gasteiger charge is -2.19. The van der Waals surface area contributed by atoms with E-state index in [2.05, 4.69) is 36.0 Å². The summed E-state index contributed by atoms with van der Waals surface area (Å²) in [6, 6.07) is 12.4. The molecule has 37 heavy (non-hydrogen) atoms. The van der Waals surface area contributed by atoms with Crippen LogP contribution in [0.15, 0.2) is 55.0 Å². The molecule has 2 aromatic heterocycles. The van der Waals surface area contributed by atoms with Crippen molar-refractivity contribution in [1.82, 2.24) is 9.55 Å². The number of carbonyl (C=O) groups is 1. The number of carbonyl (C=O) groups excluding carboxylic acids is 1. The fraction of sp³-hybridized carbons (Fsp3) is 0.357. The Morgan fingerprint density at radius 2 is 2.11 bits per heavy atom. The second kappa shape index (κ2) is 11.5. The maximum absolute atomic E-state index is 13.4. The molecule has 1 aromatic carbocycles. The smallest absolute Gasteiger partial charge is 0.291 e. The summed E-state index contributed by atoms with van der Waals surface area (Å²) in [5.41, 5.74) is 4.63.